The van der Waals surface area contributed by atoms with E-state index in [0.717, 1.165) is 0 Å². The van der Waals surface area contributed by atoms with E-state index in [-0.39, 0.29) is 22.1 Å². The fourth-order valence-corrected chi connectivity index (χ4v) is 3.78. The molecule has 1 atom stereocenters. The maximum atomic E-state index is 13.0. The molecule has 1 aromatic rings. The van der Waals surface area contributed by atoms with Gasteiger partial charge < -0.3 is 5.32 Å². The third kappa shape index (κ3) is 3.22. The Morgan fingerprint density at radius 2 is 1.95 bits per heavy atom. The van der Waals surface area contributed by atoms with Crippen LogP contribution in [-0.4, -0.2) is 31.9 Å². The number of hydrogen-bond acceptors (Lipinski definition) is 3. The summed E-state index contributed by atoms with van der Waals surface area (Å²) in [6, 6.07) is 0.870. The lowest BCUT2D eigenvalue weighted by Gasteiger charge is -2.11. The lowest BCUT2D eigenvalue weighted by Crippen LogP contribution is -2.35. The van der Waals surface area contributed by atoms with Gasteiger partial charge in [0.25, 0.3) is 5.91 Å². The largest absolute Gasteiger partial charge is 0.348 e. The number of amides is 1. The van der Waals surface area contributed by atoms with Crippen molar-refractivity contribution < 1.29 is 22.0 Å². The highest BCUT2D eigenvalue weighted by atomic mass is 35.5. The molecule has 1 amide bonds. The highest BCUT2D eigenvalue weighted by molar-refractivity contribution is 7.91. The van der Waals surface area contributed by atoms with Gasteiger partial charge in [0.15, 0.2) is 21.5 Å². The quantitative estimate of drug-likeness (QED) is 0.843. The molecule has 104 valence electrons. The highest BCUT2D eigenvalue weighted by Gasteiger charge is 2.29. The van der Waals surface area contributed by atoms with Gasteiger partial charge in [-0.2, -0.15) is 0 Å². The number of halogens is 3. The molecular weight excluding hydrogens is 300 g/mol. The van der Waals surface area contributed by atoms with E-state index in [1.807, 2.05) is 0 Å². The van der Waals surface area contributed by atoms with Crippen LogP contribution in [0.25, 0.3) is 0 Å². The van der Waals surface area contributed by atoms with Crippen LogP contribution in [0.3, 0.4) is 0 Å². The van der Waals surface area contributed by atoms with Crippen molar-refractivity contribution in [2.24, 2.45) is 0 Å². The van der Waals surface area contributed by atoms with E-state index in [0.29, 0.717) is 18.6 Å². The fraction of sp³-hybridized carbons (Fsp3) is 0.364. The summed E-state index contributed by atoms with van der Waals surface area (Å²) >= 11 is 5.65. The first kappa shape index (κ1) is 14.2. The summed E-state index contributed by atoms with van der Waals surface area (Å²) in [5.41, 5.74) is -0.218. The predicted molar refractivity (Wildman–Crippen MR) is 65.9 cm³/mol. The van der Waals surface area contributed by atoms with Crippen molar-refractivity contribution in [3.63, 3.8) is 0 Å². The highest BCUT2D eigenvalue weighted by Crippen LogP contribution is 2.21. The van der Waals surface area contributed by atoms with Gasteiger partial charge in [-0.25, -0.2) is 17.2 Å². The predicted octanol–water partition coefficient (Wildman–Crippen LogP) is 1.54. The van der Waals surface area contributed by atoms with Gasteiger partial charge in [-0.3, -0.25) is 4.79 Å². The van der Waals surface area contributed by atoms with E-state index >= 15 is 0 Å². The Labute approximate surface area is 113 Å². The zero-order valence-corrected chi connectivity index (χ0v) is 11.2. The molecule has 0 saturated carbocycles. The molecule has 8 heteroatoms. The second-order valence-electron chi connectivity index (χ2n) is 4.32. The van der Waals surface area contributed by atoms with Crippen molar-refractivity contribution >= 4 is 27.3 Å². The molecule has 1 aromatic carbocycles. The first-order chi connectivity index (χ1) is 8.78. The van der Waals surface area contributed by atoms with Crippen molar-refractivity contribution in [2.75, 3.05) is 11.5 Å². The average molecular weight is 310 g/mol. The molecule has 0 bridgehead atoms. The number of benzene rings is 1. The van der Waals surface area contributed by atoms with Crippen LogP contribution in [0.15, 0.2) is 12.1 Å². The van der Waals surface area contributed by atoms with Crippen LogP contribution in [0.2, 0.25) is 5.02 Å². The second-order valence-corrected chi connectivity index (χ2v) is 6.96. The van der Waals surface area contributed by atoms with Crippen molar-refractivity contribution in [1.82, 2.24) is 5.32 Å². The molecule has 1 unspecified atom stereocenters. The molecule has 1 aliphatic rings. The first-order valence-corrected chi connectivity index (χ1v) is 7.64. The Balaban J connectivity index is 2.15. The topological polar surface area (TPSA) is 63.2 Å². The summed E-state index contributed by atoms with van der Waals surface area (Å²) < 4.78 is 48.4. The standard InChI is InChI=1S/C11H10ClF2NO3S/c12-8-4-10(14)9(13)3-7(8)11(16)15-6-1-2-19(17,18)5-6/h3-4,6H,1-2,5H2,(H,15,16). The smallest absolute Gasteiger partial charge is 0.253 e. The summed E-state index contributed by atoms with van der Waals surface area (Å²) in [6.07, 6.45) is 0.301. The molecule has 0 aromatic heterocycles. The normalized spacial score (nSPS) is 21.3. The van der Waals surface area contributed by atoms with Crippen LogP contribution < -0.4 is 5.32 Å². The molecule has 1 heterocycles. The van der Waals surface area contributed by atoms with Gasteiger partial charge in [0, 0.05) is 6.04 Å². The van der Waals surface area contributed by atoms with Crippen molar-refractivity contribution in [2.45, 2.75) is 12.5 Å². The monoisotopic (exact) mass is 309 g/mol. The van der Waals surface area contributed by atoms with E-state index in [4.69, 9.17) is 11.6 Å². The fourth-order valence-electron chi connectivity index (χ4n) is 1.87. The zero-order chi connectivity index (χ0) is 14.2. The zero-order valence-electron chi connectivity index (χ0n) is 9.62. The summed E-state index contributed by atoms with van der Waals surface area (Å²) in [6.45, 7) is 0. The summed E-state index contributed by atoms with van der Waals surface area (Å²) in [5, 5.41) is 2.22. The van der Waals surface area contributed by atoms with E-state index in [2.05, 4.69) is 5.32 Å². The van der Waals surface area contributed by atoms with Crippen LogP contribution in [0.4, 0.5) is 8.78 Å². The van der Waals surface area contributed by atoms with Gasteiger partial charge in [0.2, 0.25) is 0 Å². The van der Waals surface area contributed by atoms with E-state index < -0.39 is 33.4 Å². The molecule has 1 N–H and O–H groups in total. The molecule has 4 nitrogen and oxygen atoms in total. The van der Waals surface area contributed by atoms with E-state index in [1.165, 1.54) is 0 Å². The number of carbonyl (C=O) groups is 1. The molecule has 19 heavy (non-hydrogen) atoms. The van der Waals surface area contributed by atoms with Crippen LogP contribution in [0, 0.1) is 11.6 Å². The van der Waals surface area contributed by atoms with E-state index in [1.54, 1.807) is 0 Å². The Morgan fingerprint density at radius 1 is 1.32 bits per heavy atom. The Morgan fingerprint density at radius 3 is 2.53 bits per heavy atom. The minimum atomic E-state index is -3.13. The van der Waals surface area contributed by atoms with Crippen molar-refractivity contribution in [1.29, 1.82) is 0 Å². The minimum Gasteiger partial charge on any atom is -0.348 e. The first-order valence-electron chi connectivity index (χ1n) is 5.44. The van der Waals surface area contributed by atoms with Gasteiger partial charge in [0.05, 0.1) is 22.1 Å². The minimum absolute atomic E-state index is 0.00343. The van der Waals surface area contributed by atoms with Gasteiger partial charge >= 0.3 is 0 Å². The van der Waals surface area contributed by atoms with Gasteiger partial charge in [-0.1, -0.05) is 11.6 Å². The third-order valence-corrected chi connectivity index (χ3v) is 4.90. The summed E-state index contributed by atoms with van der Waals surface area (Å²) in [7, 11) is -3.13. The van der Waals surface area contributed by atoms with Crippen LogP contribution >= 0.6 is 11.6 Å². The SMILES string of the molecule is O=C(NC1CCS(=O)(=O)C1)c1cc(F)c(F)cc1Cl. The number of nitrogens with one attached hydrogen (secondary N) is 1. The van der Waals surface area contributed by atoms with Crippen LogP contribution in [0.1, 0.15) is 16.8 Å². The van der Waals surface area contributed by atoms with Gasteiger partial charge in [0.1, 0.15) is 0 Å². The molecule has 2 rings (SSSR count). The number of sulfone groups is 1. The molecule has 0 spiro atoms. The number of rotatable bonds is 2. The number of carbonyl (C=O) groups excluding carboxylic acids is 1. The van der Waals surface area contributed by atoms with Gasteiger partial charge in [-0.15, -0.1) is 0 Å². The maximum Gasteiger partial charge on any atom is 0.253 e. The number of hydrogen-bond donors (Lipinski definition) is 1. The van der Waals surface area contributed by atoms with Gasteiger partial charge in [-0.05, 0) is 18.6 Å². The molecule has 1 fully saturated rings. The van der Waals surface area contributed by atoms with E-state index in [9.17, 15) is 22.0 Å². The lowest BCUT2D eigenvalue weighted by atomic mass is 10.1. The third-order valence-electron chi connectivity index (χ3n) is 2.82. The van der Waals surface area contributed by atoms with Crippen LogP contribution in [-0.2, 0) is 9.84 Å². The second kappa shape index (κ2) is 5.05. The molecule has 1 saturated heterocycles. The molecule has 0 aliphatic carbocycles. The van der Waals surface area contributed by atoms with Crippen LogP contribution in [0.5, 0.6) is 0 Å². The molecule has 1 aliphatic heterocycles. The molecule has 0 radical (unpaired) electrons. The lowest BCUT2D eigenvalue weighted by molar-refractivity contribution is 0.0940. The van der Waals surface area contributed by atoms with Crippen molar-refractivity contribution in [3.05, 3.63) is 34.4 Å². The maximum absolute atomic E-state index is 13.0. The Bertz CT molecular complexity index is 633. The Kier molecular flexibility index (Phi) is 3.78. The summed E-state index contributed by atoms with van der Waals surface area (Å²) in [5.74, 6) is -3.20. The summed E-state index contributed by atoms with van der Waals surface area (Å²) in [4.78, 5) is 11.8. The Hall–Kier alpha value is -1.21. The average Bonchev–Trinajstić information content (AvgIpc) is 2.63. The molecular formula is C11H10ClF2NO3S. The van der Waals surface area contributed by atoms with Crippen molar-refractivity contribution in [3.8, 4) is 0 Å².